The summed E-state index contributed by atoms with van der Waals surface area (Å²) in [5, 5.41) is 9.37. The molecule has 1 aromatic rings. The zero-order valence-corrected chi connectivity index (χ0v) is 9.13. The van der Waals surface area contributed by atoms with Crippen LogP contribution in [0.4, 0.5) is 0 Å². The van der Waals surface area contributed by atoms with Crippen molar-refractivity contribution in [3.05, 3.63) is 20.3 Å². The maximum Gasteiger partial charge on any atom is 0.103 e. The number of hydrogen-bond acceptors (Lipinski definition) is 2. The third kappa shape index (κ3) is 2.18. The van der Waals surface area contributed by atoms with Crippen molar-refractivity contribution < 1.29 is 5.11 Å². The maximum atomic E-state index is 9.37. The normalized spacial score (nSPS) is 13.5. The standard InChI is InChI=1S/C7H8BrClOS/c1-4-2-5(8)7(11-4)6(10)3-9/h2,6,10H,3H2,1H3. The van der Waals surface area contributed by atoms with Gasteiger partial charge < -0.3 is 5.11 Å². The van der Waals surface area contributed by atoms with E-state index in [0.29, 0.717) is 0 Å². The largest absolute Gasteiger partial charge is 0.386 e. The summed E-state index contributed by atoms with van der Waals surface area (Å²) in [5.41, 5.74) is 0. The van der Waals surface area contributed by atoms with E-state index in [1.54, 1.807) is 11.3 Å². The molecule has 1 atom stereocenters. The van der Waals surface area contributed by atoms with E-state index in [9.17, 15) is 5.11 Å². The van der Waals surface area contributed by atoms with Crippen molar-refractivity contribution in [1.29, 1.82) is 0 Å². The summed E-state index contributed by atoms with van der Waals surface area (Å²) in [6.07, 6.45) is -0.537. The first kappa shape index (κ1) is 9.52. The van der Waals surface area contributed by atoms with Crippen LogP contribution in [-0.2, 0) is 0 Å². The molecule has 0 aliphatic rings. The van der Waals surface area contributed by atoms with Gasteiger partial charge in [-0.25, -0.2) is 0 Å². The maximum absolute atomic E-state index is 9.37. The molecule has 4 heteroatoms. The highest BCUT2D eigenvalue weighted by Crippen LogP contribution is 2.32. The Hall–Kier alpha value is 0.430. The van der Waals surface area contributed by atoms with Crippen molar-refractivity contribution >= 4 is 38.9 Å². The number of aliphatic hydroxyl groups excluding tert-OH is 1. The molecule has 0 saturated carbocycles. The predicted molar refractivity (Wildman–Crippen MR) is 52.4 cm³/mol. The molecule has 1 rings (SSSR count). The number of thiophene rings is 1. The molecular weight excluding hydrogens is 248 g/mol. The Morgan fingerprint density at radius 1 is 1.82 bits per heavy atom. The van der Waals surface area contributed by atoms with E-state index in [2.05, 4.69) is 15.9 Å². The number of alkyl halides is 1. The number of halogens is 2. The fourth-order valence-electron chi connectivity index (χ4n) is 0.798. The quantitative estimate of drug-likeness (QED) is 0.805. The number of hydrogen-bond donors (Lipinski definition) is 1. The first-order valence-corrected chi connectivity index (χ1v) is 5.29. The van der Waals surface area contributed by atoms with Crippen molar-refractivity contribution in [3.8, 4) is 0 Å². The van der Waals surface area contributed by atoms with E-state index < -0.39 is 6.10 Å². The van der Waals surface area contributed by atoms with Gasteiger partial charge in [-0.3, -0.25) is 0 Å². The van der Waals surface area contributed by atoms with Gasteiger partial charge in [0.1, 0.15) is 6.10 Å². The molecule has 0 aliphatic carbocycles. The molecule has 0 spiro atoms. The second-order valence-electron chi connectivity index (χ2n) is 2.24. The van der Waals surface area contributed by atoms with Crippen molar-refractivity contribution in [2.45, 2.75) is 13.0 Å². The van der Waals surface area contributed by atoms with E-state index in [4.69, 9.17) is 11.6 Å². The van der Waals surface area contributed by atoms with Crippen LogP contribution in [0.3, 0.4) is 0 Å². The smallest absolute Gasteiger partial charge is 0.103 e. The van der Waals surface area contributed by atoms with Crippen molar-refractivity contribution in [1.82, 2.24) is 0 Å². The average molecular weight is 256 g/mol. The van der Waals surface area contributed by atoms with Crippen LogP contribution >= 0.6 is 38.9 Å². The fraction of sp³-hybridized carbons (Fsp3) is 0.429. The molecule has 1 nitrogen and oxygen atoms in total. The third-order valence-corrected chi connectivity index (χ3v) is 3.65. The number of rotatable bonds is 2. The van der Waals surface area contributed by atoms with E-state index in [1.807, 2.05) is 13.0 Å². The second-order valence-corrected chi connectivity index (χ2v) is 4.69. The van der Waals surface area contributed by atoms with E-state index in [0.717, 1.165) is 9.35 Å². The van der Waals surface area contributed by atoms with Crippen molar-refractivity contribution in [2.75, 3.05) is 5.88 Å². The van der Waals surface area contributed by atoms with Gasteiger partial charge in [-0.15, -0.1) is 22.9 Å². The molecule has 11 heavy (non-hydrogen) atoms. The summed E-state index contributed by atoms with van der Waals surface area (Å²) in [6, 6.07) is 1.98. The highest BCUT2D eigenvalue weighted by molar-refractivity contribution is 9.10. The zero-order valence-electron chi connectivity index (χ0n) is 5.97. The van der Waals surface area contributed by atoms with Crippen LogP contribution < -0.4 is 0 Å². The lowest BCUT2D eigenvalue weighted by Gasteiger charge is -2.02. The Morgan fingerprint density at radius 2 is 2.45 bits per heavy atom. The van der Waals surface area contributed by atoms with E-state index in [-0.39, 0.29) is 5.88 Å². The lowest BCUT2D eigenvalue weighted by Crippen LogP contribution is -1.95. The van der Waals surface area contributed by atoms with Gasteiger partial charge in [0, 0.05) is 14.2 Å². The fourth-order valence-corrected chi connectivity index (χ4v) is 2.95. The van der Waals surface area contributed by atoms with E-state index in [1.165, 1.54) is 4.88 Å². The molecule has 1 aromatic heterocycles. The summed E-state index contributed by atoms with van der Waals surface area (Å²) in [4.78, 5) is 2.09. The Kier molecular flexibility index (Phi) is 3.37. The van der Waals surface area contributed by atoms with Gasteiger partial charge in [-0.2, -0.15) is 0 Å². The minimum Gasteiger partial charge on any atom is -0.386 e. The molecule has 1 heterocycles. The Labute approximate surface area is 83.1 Å². The first-order chi connectivity index (χ1) is 5.15. The molecular formula is C7H8BrClOS. The van der Waals surface area contributed by atoms with Crippen LogP contribution in [-0.4, -0.2) is 11.0 Å². The molecule has 1 unspecified atom stereocenters. The van der Waals surface area contributed by atoms with Gasteiger partial charge in [0.05, 0.1) is 5.88 Å². The summed E-state index contributed by atoms with van der Waals surface area (Å²) in [5.74, 6) is 0.249. The minimum atomic E-state index is -0.537. The third-order valence-electron chi connectivity index (χ3n) is 1.29. The predicted octanol–water partition coefficient (Wildman–Crippen LogP) is 3.09. The molecule has 0 radical (unpaired) electrons. The molecule has 0 aromatic carbocycles. The molecule has 0 amide bonds. The van der Waals surface area contributed by atoms with Crippen LogP contribution in [0, 0.1) is 6.92 Å². The Morgan fingerprint density at radius 3 is 2.82 bits per heavy atom. The highest BCUT2D eigenvalue weighted by atomic mass is 79.9. The van der Waals surface area contributed by atoms with Crippen LogP contribution in [0.2, 0.25) is 0 Å². The Bertz CT molecular complexity index is 249. The lowest BCUT2D eigenvalue weighted by molar-refractivity contribution is 0.206. The summed E-state index contributed by atoms with van der Waals surface area (Å²) >= 11 is 10.4. The van der Waals surface area contributed by atoms with E-state index >= 15 is 0 Å². The SMILES string of the molecule is Cc1cc(Br)c(C(O)CCl)s1. The Balaban J connectivity index is 2.93. The van der Waals surface area contributed by atoms with Gasteiger partial charge >= 0.3 is 0 Å². The summed E-state index contributed by atoms with van der Waals surface area (Å²) in [7, 11) is 0. The van der Waals surface area contributed by atoms with Crippen LogP contribution in [0.25, 0.3) is 0 Å². The summed E-state index contributed by atoms with van der Waals surface area (Å²) < 4.78 is 0.952. The molecule has 1 N–H and O–H groups in total. The molecule has 0 fully saturated rings. The van der Waals surface area contributed by atoms with Gasteiger partial charge in [-0.05, 0) is 28.9 Å². The number of aryl methyl sites for hydroxylation is 1. The van der Waals surface area contributed by atoms with Crippen LogP contribution in [0.1, 0.15) is 15.9 Å². The van der Waals surface area contributed by atoms with Gasteiger partial charge in [0.2, 0.25) is 0 Å². The minimum absolute atomic E-state index is 0.249. The molecule has 62 valence electrons. The van der Waals surface area contributed by atoms with Gasteiger partial charge in [0.15, 0.2) is 0 Å². The molecule has 0 bridgehead atoms. The first-order valence-electron chi connectivity index (χ1n) is 3.15. The van der Waals surface area contributed by atoms with Crippen LogP contribution in [0.5, 0.6) is 0 Å². The van der Waals surface area contributed by atoms with Crippen LogP contribution in [0.15, 0.2) is 10.5 Å². The molecule has 0 saturated heterocycles. The zero-order chi connectivity index (χ0) is 8.43. The monoisotopic (exact) mass is 254 g/mol. The lowest BCUT2D eigenvalue weighted by atomic mass is 10.3. The van der Waals surface area contributed by atoms with Crippen molar-refractivity contribution in [2.24, 2.45) is 0 Å². The summed E-state index contributed by atoms with van der Waals surface area (Å²) in [6.45, 7) is 2.00. The second kappa shape index (κ2) is 3.90. The topological polar surface area (TPSA) is 20.2 Å². The van der Waals surface area contributed by atoms with Crippen molar-refractivity contribution in [3.63, 3.8) is 0 Å². The van der Waals surface area contributed by atoms with Gasteiger partial charge in [0.25, 0.3) is 0 Å². The average Bonchev–Trinajstić information content (AvgIpc) is 2.28. The highest BCUT2D eigenvalue weighted by Gasteiger charge is 2.12. The molecule has 0 aliphatic heterocycles. The van der Waals surface area contributed by atoms with Gasteiger partial charge in [-0.1, -0.05) is 0 Å². The number of aliphatic hydroxyl groups is 1.